The van der Waals surface area contributed by atoms with Gasteiger partial charge in [0, 0.05) is 16.5 Å². The smallest absolute Gasteiger partial charge is 0.351 e. The monoisotopic (exact) mass is 392 g/mol. The van der Waals surface area contributed by atoms with Crippen LogP contribution in [0.15, 0.2) is 34.8 Å². The molecule has 2 atom stereocenters. The Morgan fingerprint density at radius 2 is 1.88 bits per heavy atom. The van der Waals surface area contributed by atoms with Crippen molar-refractivity contribution in [3.63, 3.8) is 0 Å². The minimum Gasteiger partial charge on any atom is -0.457 e. The van der Waals surface area contributed by atoms with E-state index in [4.69, 9.17) is 9.47 Å². The summed E-state index contributed by atoms with van der Waals surface area (Å²) in [5.74, 6) is -0.863. The maximum absolute atomic E-state index is 13.0. The van der Waals surface area contributed by atoms with Gasteiger partial charge in [-0.1, -0.05) is 28.1 Å². The average molecular weight is 393 g/mol. The number of hydrogen-bond donors (Lipinski definition) is 0. The Morgan fingerprint density at radius 1 is 1.25 bits per heavy atom. The van der Waals surface area contributed by atoms with E-state index in [1.54, 1.807) is 20.8 Å². The van der Waals surface area contributed by atoms with Gasteiger partial charge in [-0.05, 0) is 57.9 Å². The molecule has 2 unspecified atom stereocenters. The summed E-state index contributed by atoms with van der Waals surface area (Å²) in [7, 11) is 0. The maximum Gasteiger partial charge on any atom is 0.351 e. The minimum absolute atomic E-state index is 0.235. The first-order valence-corrected chi connectivity index (χ1v) is 8.81. The van der Waals surface area contributed by atoms with Gasteiger partial charge in [0.05, 0.1) is 5.60 Å². The summed E-state index contributed by atoms with van der Waals surface area (Å²) in [5.41, 5.74) is -1.60. The molecule has 0 aromatic heterocycles. The SMILES string of the molecule is CC(C)(C)OC(=O)C12OC(C)(C=C1c1ccc(Br)cc1)CCC2=O. The van der Waals surface area contributed by atoms with Crippen LogP contribution in [-0.2, 0) is 19.1 Å². The van der Waals surface area contributed by atoms with Crippen LogP contribution in [0.2, 0.25) is 0 Å². The normalized spacial score (nSPS) is 29.4. The van der Waals surface area contributed by atoms with Crippen molar-refractivity contribution < 1.29 is 19.1 Å². The molecule has 2 heterocycles. The quantitative estimate of drug-likeness (QED) is 0.562. The van der Waals surface area contributed by atoms with Gasteiger partial charge in [-0.3, -0.25) is 4.79 Å². The Bertz CT molecular complexity index is 729. The van der Waals surface area contributed by atoms with Gasteiger partial charge in [0.15, 0.2) is 5.78 Å². The number of rotatable bonds is 2. The largest absolute Gasteiger partial charge is 0.457 e. The molecule has 4 nitrogen and oxygen atoms in total. The van der Waals surface area contributed by atoms with E-state index in [9.17, 15) is 9.59 Å². The first kappa shape index (κ1) is 17.4. The van der Waals surface area contributed by atoms with Gasteiger partial charge in [-0.2, -0.15) is 0 Å². The lowest BCUT2D eigenvalue weighted by molar-refractivity contribution is -0.192. The molecule has 3 rings (SSSR count). The van der Waals surface area contributed by atoms with Crippen LogP contribution in [-0.4, -0.2) is 28.6 Å². The van der Waals surface area contributed by atoms with Crippen LogP contribution in [0.25, 0.3) is 5.57 Å². The third kappa shape index (κ3) is 2.84. The number of halogens is 1. The molecule has 1 fully saturated rings. The average Bonchev–Trinajstić information content (AvgIpc) is 2.74. The molecule has 2 aliphatic rings. The standard InChI is InChI=1S/C19H21BrO4/c1-17(2,3)23-16(22)19-14(12-5-7-13(20)8-6-12)11-18(4,24-19)10-9-15(19)21/h5-8,11H,9-10H2,1-4H3. The molecule has 2 aliphatic heterocycles. The number of ketones is 1. The molecule has 0 N–H and O–H groups in total. The molecular formula is C19H21BrO4. The molecule has 128 valence electrons. The predicted octanol–water partition coefficient (Wildman–Crippen LogP) is 4.06. The van der Waals surface area contributed by atoms with Gasteiger partial charge in [0.1, 0.15) is 5.60 Å². The summed E-state index contributed by atoms with van der Waals surface area (Å²) in [6, 6.07) is 7.52. The fraction of sp³-hybridized carbons (Fsp3) is 0.474. The second-order valence-corrected chi connectivity index (χ2v) is 8.50. The van der Waals surface area contributed by atoms with E-state index in [-0.39, 0.29) is 5.78 Å². The Labute approximate surface area is 150 Å². The first-order chi connectivity index (χ1) is 11.1. The number of carbonyl (C=O) groups excluding carboxylic acids is 2. The van der Waals surface area contributed by atoms with E-state index in [0.29, 0.717) is 18.4 Å². The molecule has 2 bridgehead atoms. The number of fused-ring (bicyclic) bond motifs is 2. The van der Waals surface area contributed by atoms with Gasteiger partial charge in [-0.15, -0.1) is 0 Å². The van der Waals surface area contributed by atoms with Gasteiger partial charge in [0.2, 0.25) is 5.60 Å². The lowest BCUT2D eigenvalue weighted by Crippen LogP contribution is -2.55. The molecule has 0 spiro atoms. The summed E-state index contributed by atoms with van der Waals surface area (Å²) in [4.78, 5) is 25.8. The Morgan fingerprint density at radius 3 is 2.46 bits per heavy atom. The van der Waals surface area contributed by atoms with Crippen LogP contribution in [0.3, 0.4) is 0 Å². The van der Waals surface area contributed by atoms with E-state index < -0.39 is 22.8 Å². The van der Waals surface area contributed by atoms with Gasteiger partial charge >= 0.3 is 5.97 Å². The van der Waals surface area contributed by atoms with Crippen molar-refractivity contribution in [2.45, 2.75) is 57.3 Å². The highest BCUT2D eigenvalue weighted by atomic mass is 79.9. The van der Waals surface area contributed by atoms with Crippen molar-refractivity contribution in [2.24, 2.45) is 0 Å². The molecule has 0 saturated carbocycles. The number of esters is 1. The van der Waals surface area contributed by atoms with E-state index >= 15 is 0 Å². The fourth-order valence-electron chi connectivity index (χ4n) is 3.24. The highest BCUT2D eigenvalue weighted by Gasteiger charge is 2.62. The third-order valence-electron chi connectivity index (χ3n) is 4.30. The molecule has 5 heteroatoms. The highest BCUT2D eigenvalue weighted by molar-refractivity contribution is 9.10. The van der Waals surface area contributed by atoms with Crippen molar-refractivity contribution in [1.82, 2.24) is 0 Å². The second kappa shape index (κ2) is 5.53. The Kier molecular flexibility index (Phi) is 4.00. The van der Waals surface area contributed by atoms with Gasteiger partial charge in [0.25, 0.3) is 0 Å². The van der Waals surface area contributed by atoms with Crippen LogP contribution in [0.1, 0.15) is 46.1 Å². The van der Waals surface area contributed by atoms with Crippen LogP contribution in [0.5, 0.6) is 0 Å². The Hall–Kier alpha value is -1.46. The predicted molar refractivity (Wildman–Crippen MR) is 94.4 cm³/mol. The summed E-state index contributed by atoms with van der Waals surface area (Å²) in [6.07, 6.45) is 2.77. The molecule has 1 aromatic rings. The molecule has 24 heavy (non-hydrogen) atoms. The van der Waals surface area contributed by atoms with Crippen LogP contribution >= 0.6 is 15.9 Å². The van der Waals surface area contributed by atoms with Crippen molar-refractivity contribution in [1.29, 1.82) is 0 Å². The third-order valence-corrected chi connectivity index (χ3v) is 4.83. The fourth-order valence-corrected chi connectivity index (χ4v) is 3.51. The molecule has 0 radical (unpaired) electrons. The Balaban J connectivity index is 2.12. The van der Waals surface area contributed by atoms with Crippen molar-refractivity contribution in [2.75, 3.05) is 0 Å². The van der Waals surface area contributed by atoms with E-state index in [1.807, 2.05) is 37.3 Å². The van der Waals surface area contributed by atoms with Crippen molar-refractivity contribution >= 4 is 33.3 Å². The topological polar surface area (TPSA) is 52.6 Å². The number of hydrogen-bond acceptors (Lipinski definition) is 4. The molecule has 1 aromatic carbocycles. The number of carbonyl (C=O) groups is 2. The molecule has 0 amide bonds. The van der Waals surface area contributed by atoms with E-state index in [2.05, 4.69) is 15.9 Å². The highest BCUT2D eigenvalue weighted by Crippen LogP contribution is 2.50. The van der Waals surface area contributed by atoms with Gasteiger partial charge < -0.3 is 9.47 Å². The lowest BCUT2D eigenvalue weighted by Gasteiger charge is -2.38. The second-order valence-electron chi connectivity index (χ2n) is 7.59. The summed E-state index contributed by atoms with van der Waals surface area (Å²) < 4.78 is 12.5. The summed E-state index contributed by atoms with van der Waals surface area (Å²) in [5, 5.41) is 0. The summed E-state index contributed by atoms with van der Waals surface area (Å²) in [6.45, 7) is 7.26. The van der Waals surface area contributed by atoms with E-state index in [1.165, 1.54) is 0 Å². The molecule has 1 saturated heterocycles. The molecule has 0 aliphatic carbocycles. The zero-order valence-corrected chi connectivity index (χ0v) is 15.9. The van der Waals surface area contributed by atoms with Crippen molar-refractivity contribution in [3.8, 4) is 0 Å². The molecular weight excluding hydrogens is 372 g/mol. The van der Waals surface area contributed by atoms with Crippen LogP contribution in [0.4, 0.5) is 0 Å². The zero-order valence-electron chi connectivity index (χ0n) is 14.3. The number of ether oxygens (including phenoxy) is 2. The lowest BCUT2D eigenvalue weighted by atomic mass is 9.84. The van der Waals surface area contributed by atoms with Gasteiger partial charge in [-0.25, -0.2) is 4.79 Å². The summed E-state index contributed by atoms with van der Waals surface area (Å²) >= 11 is 3.41. The number of Topliss-reactive ketones (excluding diaryl/α,β-unsaturated/α-hetero) is 1. The van der Waals surface area contributed by atoms with Crippen molar-refractivity contribution in [3.05, 3.63) is 40.4 Å². The number of benzene rings is 1. The zero-order chi connectivity index (χ0) is 17.8. The minimum atomic E-state index is -1.66. The van der Waals surface area contributed by atoms with Crippen LogP contribution < -0.4 is 0 Å². The first-order valence-electron chi connectivity index (χ1n) is 8.02. The van der Waals surface area contributed by atoms with E-state index in [0.717, 1.165) is 10.0 Å². The van der Waals surface area contributed by atoms with Crippen LogP contribution in [0, 0.1) is 0 Å². The maximum atomic E-state index is 13.0.